The molecule has 0 fully saturated rings. The van der Waals surface area contributed by atoms with Gasteiger partial charge in [-0.25, -0.2) is 0 Å². The molecule has 1 nitrogen and oxygen atoms in total. The van der Waals surface area contributed by atoms with Crippen LogP contribution in [0, 0.1) is 0 Å². The molecule has 0 atom stereocenters. The molecule has 0 unspecified atom stereocenters. The number of hydrogen-bond acceptors (Lipinski definition) is 2. The zero-order valence-corrected chi connectivity index (χ0v) is 11.5. The maximum absolute atomic E-state index is 5.59. The van der Waals surface area contributed by atoms with Gasteiger partial charge in [0.05, 0.1) is 0 Å². The van der Waals surface area contributed by atoms with Crippen molar-refractivity contribution < 1.29 is 4.74 Å². The Labute approximate surface area is 94.5 Å². The van der Waals surface area contributed by atoms with Crippen molar-refractivity contribution in [1.29, 1.82) is 0 Å². The van der Waals surface area contributed by atoms with E-state index in [4.69, 9.17) is 4.74 Å². The van der Waals surface area contributed by atoms with Crippen LogP contribution in [0.2, 0.25) is 11.4 Å². The average molecular weight is 272 g/mol. The summed E-state index contributed by atoms with van der Waals surface area (Å²) in [6.45, 7) is 0.846. The quantitative estimate of drug-likeness (QED) is 0.579. The van der Waals surface area contributed by atoms with Crippen molar-refractivity contribution in [3.8, 4) is 5.75 Å². The van der Waals surface area contributed by atoms with Gasteiger partial charge >= 0.3 is 94.5 Å². The monoisotopic (exact) mass is 272 g/mol. The predicted octanol–water partition coefficient (Wildman–Crippen LogP) is 3.44. The normalized spacial score (nSPS) is 10.5. The fourth-order valence-electron chi connectivity index (χ4n) is 1.01. The summed E-state index contributed by atoms with van der Waals surface area (Å²) in [5, 5.41) is 0. The van der Waals surface area contributed by atoms with Crippen molar-refractivity contribution in [1.82, 2.24) is 0 Å². The van der Waals surface area contributed by atoms with E-state index in [2.05, 4.69) is 21.4 Å². The van der Waals surface area contributed by atoms with Crippen molar-refractivity contribution >= 4 is 23.5 Å². The number of benzene rings is 1. The Hall–Kier alpha value is -0.0716. The molecular formula is C11H17AsOS. The molecule has 0 saturated heterocycles. The van der Waals surface area contributed by atoms with E-state index in [1.807, 2.05) is 30.3 Å². The summed E-state index contributed by atoms with van der Waals surface area (Å²) in [7, 11) is 2.13. The summed E-state index contributed by atoms with van der Waals surface area (Å²) >= 11 is -0.484. The van der Waals surface area contributed by atoms with Crippen molar-refractivity contribution in [3.05, 3.63) is 30.3 Å². The second-order valence-corrected chi connectivity index (χ2v) is 12.7. The summed E-state index contributed by atoms with van der Waals surface area (Å²) in [5.41, 5.74) is 4.74. The van der Waals surface area contributed by atoms with Crippen molar-refractivity contribution in [3.63, 3.8) is 0 Å². The Balaban J connectivity index is 2.05. The Morgan fingerprint density at radius 1 is 1.21 bits per heavy atom. The zero-order valence-electron chi connectivity index (χ0n) is 8.77. The molecule has 0 aliphatic rings. The van der Waals surface area contributed by atoms with Gasteiger partial charge in [0.1, 0.15) is 0 Å². The third-order valence-corrected chi connectivity index (χ3v) is 7.04. The second kappa shape index (κ2) is 7.25. The molecule has 1 aromatic rings. The molecule has 0 radical (unpaired) electrons. The minimum absolute atomic E-state index is 0.484. The molecule has 1 rings (SSSR count). The van der Waals surface area contributed by atoms with Crippen molar-refractivity contribution in [2.24, 2.45) is 0 Å². The van der Waals surface area contributed by atoms with Crippen LogP contribution in [-0.4, -0.2) is 25.9 Å². The summed E-state index contributed by atoms with van der Waals surface area (Å²) in [6.07, 6.45) is 1.16. The van der Waals surface area contributed by atoms with Gasteiger partial charge in [0.25, 0.3) is 0 Å². The Morgan fingerprint density at radius 3 is 2.57 bits per heavy atom. The molecule has 0 aromatic heterocycles. The summed E-state index contributed by atoms with van der Waals surface area (Å²) in [4.78, 5) is 0. The SMILES string of the molecule is C[As](C)SCCCOc1ccccc1. The molecule has 0 aliphatic carbocycles. The van der Waals surface area contributed by atoms with Crippen LogP contribution in [0.1, 0.15) is 6.42 Å². The molecule has 0 aliphatic heterocycles. The van der Waals surface area contributed by atoms with Gasteiger partial charge in [0, 0.05) is 0 Å². The van der Waals surface area contributed by atoms with E-state index >= 15 is 0 Å². The van der Waals surface area contributed by atoms with Crippen LogP contribution >= 0.6 is 10.0 Å². The van der Waals surface area contributed by atoms with Crippen LogP contribution < -0.4 is 4.74 Å². The van der Waals surface area contributed by atoms with Crippen LogP contribution in [0.5, 0.6) is 5.75 Å². The van der Waals surface area contributed by atoms with Gasteiger partial charge in [-0.2, -0.15) is 0 Å². The van der Waals surface area contributed by atoms with E-state index in [0.29, 0.717) is 0 Å². The van der Waals surface area contributed by atoms with Crippen molar-refractivity contribution in [2.45, 2.75) is 17.8 Å². The first-order valence-corrected chi connectivity index (χ1v) is 11.8. The van der Waals surface area contributed by atoms with Gasteiger partial charge in [-0.1, -0.05) is 0 Å². The van der Waals surface area contributed by atoms with Gasteiger partial charge in [-0.05, 0) is 0 Å². The van der Waals surface area contributed by atoms with E-state index in [-0.39, 0.29) is 0 Å². The molecule has 3 heteroatoms. The van der Waals surface area contributed by atoms with Crippen LogP contribution in [0.4, 0.5) is 0 Å². The first-order valence-electron chi connectivity index (χ1n) is 4.77. The van der Waals surface area contributed by atoms with Gasteiger partial charge in [0.2, 0.25) is 0 Å². The number of rotatable bonds is 6. The standard InChI is InChI=1S/C11H17AsOS/c1-12(2)14-10-6-9-13-11-7-4-3-5-8-11/h3-5,7-8H,6,9-10H2,1-2H3. The molecule has 0 amide bonds. The van der Waals surface area contributed by atoms with E-state index < -0.39 is 13.5 Å². The molecular weight excluding hydrogens is 255 g/mol. The van der Waals surface area contributed by atoms with Gasteiger partial charge < -0.3 is 0 Å². The third-order valence-electron chi connectivity index (χ3n) is 1.65. The second-order valence-electron chi connectivity index (χ2n) is 3.16. The van der Waals surface area contributed by atoms with Crippen LogP contribution in [0.25, 0.3) is 0 Å². The van der Waals surface area contributed by atoms with E-state index in [9.17, 15) is 0 Å². The molecule has 0 heterocycles. The molecule has 78 valence electrons. The van der Waals surface area contributed by atoms with Crippen molar-refractivity contribution in [2.75, 3.05) is 12.4 Å². The molecule has 0 bridgehead atoms. The van der Waals surface area contributed by atoms with E-state index in [0.717, 1.165) is 18.8 Å². The van der Waals surface area contributed by atoms with Gasteiger partial charge in [-0.3, -0.25) is 0 Å². The molecule has 0 spiro atoms. The molecule has 1 aromatic carbocycles. The number of hydrogen-bond donors (Lipinski definition) is 0. The Kier molecular flexibility index (Phi) is 6.21. The van der Waals surface area contributed by atoms with Crippen LogP contribution in [0.3, 0.4) is 0 Å². The molecule has 14 heavy (non-hydrogen) atoms. The van der Waals surface area contributed by atoms with Crippen LogP contribution in [0.15, 0.2) is 30.3 Å². The van der Waals surface area contributed by atoms with Gasteiger partial charge in [-0.15, -0.1) is 0 Å². The third kappa shape index (κ3) is 5.62. The van der Waals surface area contributed by atoms with Gasteiger partial charge in [0.15, 0.2) is 0 Å². The number of ether oxygens (including phenoxy) is 1. The average Bonchev–Trinajstić information content (AvgIpc) is 2.18. The Morgan fingerprint density at radius 2 is 1.93 bits per heavy atom. The summed E-state index contributed by atoms with van der Waals surface area (Å²) < 4.78 is 5.59. The van der Waals surface area contributed by atoms with E-state index in [1.165, 1.54) is 5.75 Å². The maximum atomic E-state index is 5.59. The number of para-hydroxylation sites is 1. The topological polar surface area (TPSA) is 9.23 Å². The minimum atomic E-state index is -0.484. The zero-order chi connectivity index (χ0) is 10.2. The first kappa shape index (κ1) is 12.0. The molecule has 0 N–H and O–H groups in total. The predicted molar refractivity (Wildman–Crippen MR) is 66.5 cm³/mol. The van der Waals surface area contributed by atoms with E-state index in [1.54, 1.807) is 0 Å². The summed E-state index contributed by atoms with van der Waals surface area (Å²) in [6, 6.07) is 10.0. The fourth-order valence-corrected chi connectivity index (χ4v) is 4.74. The fraction of sp³-hybridized carbons (Fsp3) is 0.455. The molecule has 0 saturated carbocycles. The summed E-state index contributed by atoms with van der Waals surface area (Å²) in [5.74, 6) is 2.24. The Bertz CT molecular complexity index is 238. The first-order chi connectivity index (χ1) is 6.79. The van der Waals surface area contributed by atoms with Crippen LogP contribution in [-0.2, 0) is 0 Å².